The van der Waals surface area contributed by atoms with Crippen LogP contribution in [0.15, 0.2) is 78.9 Å². The molecule has 6 nitrogen and oxygen atoms in total. The van der Waals surface area contributed by atoms with E-state index in [0.717, 1.165) is 22.3 Å². The Hall–Kier alpha value is -3.64. The number of carboxylic acids is 1. The van der Waals surface area contributed by atoms with Crippen LogP contribution in [0.25, 0.3) is 11.1 Å². The van der Waals surface area contributed by atoms with Crippen LogP contribution in [0.1, 0.15) is 29.5 Å². The van der Waals surface area contributed by atoms with E-state index in [4.69, 9.17) is 9.47 Å². The van der Waals surface area contributed by atoms with Gasteiger partial charge in [-0.2, -0.15) is 0 Å². The molecule has 6 heteroatoms. The van der Waals surface area contributed by atoms with Gasteiger partial charge in [0.2, 0.25) is 0 Å². The second kappa shape index (κ2) is 9.46. The first-order valence-corrected chi connectivity index (χ1v) is 10.9. The summed E-state index contributed by atoms with van der Waals surface area (Å²) in [5.41, 5.74) is 3.20. The number of hydrogen-bond donors (Lipinski definition) is 1. The summed E-state index contributed by atoms with van der Waals surface area (Å²) < 4.78 is 11.1. The number of fused-ring (bicyclic) bond motifs is 3. The van der Waals surface area contributed by atoms with Crippen molar-refractivity contribution in [3.05, 3.63) is 95.6 Å². The molecule has 0 aromatic heterocycles. The highest BCUT2D eigenvalue weighted by Crippen LogP contribution is 2.44. The fourth-order valence-electron chi connectivity index (χ4n) is 4.77. The van der Waals surface area contributed by atoms with Gasteiger partial charge < -0.3 is 14.6 Å². The van der Waals surface area contributed by atoms with Gasteiger partial charge in [0.05, 0.1) is 6.61 Å². The van der Waals surface area contributed by atoms with Crippen LogP contribution >= 0.6 is 0 Å². The second-order valence-electron chi connectivity index (χ2n) is 8.01. The van der Waals surface area contributed by atoms with Crippen LogP contribution in [-0.2, 0) is 19.8 Å². The molecule has 33 heavy (non-hydrogen) atoms. The number of likely N-dealkylation sites (N-methyl/N-ethyl adjacent to an activating group) is 1. The van der Waals surface area contributed by atoms with E-state index in [-0.39, 0.29) is 25.7 Å². The van der Waals surface area contributed by atoms with Gasteiger partial charge in [0, 0.05) is 19.6 Å². The van der Waals surface area contributed by atoms with Crippen molar-refractivity contribution in [3.8, 4) is 11.1 Å². The molecule has 170 valence electrons. The number of rotatable bonds is 8. The summed E-state index contributed by atoms with van der Waals surface area (Å²) in [5.74, 6) is -1.29. The van der Waals surface area contributed by atoms with Crippen molar-refractivity contribution in [1.82, 2.24) is 4.90 Å². The lowest BCUT2D eigenvalue weighted by molar-refractivity contribution is -0.155. The van der Waals surface area contributed by atoms with Crippen molar-refractivity contribution in [2.24, 2.45) is 0 Å². The molecule has 1 aliphatic carbocycles. The van der Waals surface area contributed by atoms with Gasteiger partial charge in [-0.15, -0.1) is 0 Å². The molecule has 0 aliphatic heterocycles. The number of carboxylic acid groups (broad SMARTS) is 1. The molecule has 0 bridgehead atoms. The minimum Gasteiger partial charge on any atom is -0.479 e. The largest absolute Gasteiger partial charge is 0.479 e. The van der Waals surface area contributed by atoms with E-state index in [1.54, 1.807) is 37.3 Å². The van der Waals surface area contributed by atoms with Gasteiger partial charge >= 0.3 is 12.1 Å². The molecule has 4 rings (SSSR count). The molecule has 0 saturated carbocycles. The van der Waals surface area contributed by atoms with Gasteiger partial charge in [0.15, 0.2) is 5.54 Å². The third-order valence-corrected chi connectivity index (χ3v) is 6.29. The maximum Gasteiger partial charge on any atom is 0.411 e. The minimum absolute atomic E-state index is 0.112. The van der Waals surface area contributed by atoms with E-state index >= 15 is 0 Å². The molecular formula is C27H27NO5. The van der Waals surface area contributed by atoms with Crippen molar-refractivity contribution in [1.29, 1.82) is 0 Å². The summed E-state index contributed by atoms with van der Waals surface area (Å²) in [6, 6.07) is 24.8. The van der Waals surface area contributed by atoms with Crippen molar-refractivity contribution < 1.29 is 24.2 Å². The Morgan fingerprint density at radius 3 is 1.97 bits per heavy atom. The van der Waals surface area contributed by atoms with Crippen LogP contribution in [0.4, 0.5) is 4.79 Å². The molecule has 1 N–H and O–H groups in total. The Bertz CT molecular complexity index is 1100. The van der Waals surface area contributed by atoms with E-state index in [9.17, 15) is 14.7 Å². The van der Waals surface area contributed by atoms with Crippen LogP contribution in [0, 0.1) is 0 Å². The Labute approximate surface area is 193 Å². The van der Waals surface area contributed by atoms with Crippen LogP contribution < -0.4 is 0 Å². The Kier molecular flexibility index (Phi) is 6.47. The van der Waals surface area contributed by atoms with E-state index < -0.39 is 17.6 Å². The maximum absolute atomic E-state index is 13.3. The van der Waals surface area contributed by atoms with Crippen LogP contribution in [0.5, 0.6) is 0 Å². The van der Waals surface area contributed by atoms with Gasteiger partial charge in [0.25, 0.3) is 0 Å². The van der Waals surface area contributed by atoms with E-state index in [0.29, 0.717) is 5.56 Å². The highest BCUT2D eigenvalue weighted by Gasteiger charge is 2.49. The first-order valence-electron chi connectivity index (χ1n) is 10.9. The fraction of sp³-hybridized carbons (Fsp3) is 0.259. The number of ether oxygens (including phenoxy) is 2. The van der Waals surface area contributed by atoms with Crippen molar-refractivity contribution in [2.45, 2.75) is 18.4 Å². The number of benzene rings is 3. The summed E-state index contributed by atoms with van der Waals surface area (Å²) >= 11 is 0. The molecule has 0 radical (unpaired) electrons. The molecule has 1 aliphatic rings. The van der Waals surface area contributed by atoms with Crippen LogP contribution in [-0.4, -0.2) is 48.9 Å². The lowest BCUT2D eigenvalue weighted by Gasteiger charge is -2.39. The molecule has 3 aromatic rings. The lowest BCUT2D eigenvalue weighted by Crippen LogP contribution is -2.57. The van der Waals surface area contributed by atoms with Crippen molar-refractivity contribution in [3.63, 3.8) is 0 Å². The van der Waals surface area contributed by atoms with Gasteiger partial charge in [-0.25, -0.2) is 9.59 Å². The topological polar surface area (TPSA) is 76.1 Å². The summed E-state index contributed by atoms with van der Waals surface area (Å²) in [5, 5.41) is 10.3. The van der Waals surface area contributed by atoms with Crippen LogP contribution in [0.2, 0.25) is 0 Å². The van der Waals surface area contributed by atoms with Gasteiger partial charge in [-0.1, -0.05) is 78.9 Å². The monoisotopic (exact) mass is 445 g/mol. The maximum atomic E-state index is 13.3. The van der Waals surface area contributed by atoms with E-state index in [1.807, 2.05) is 36.4 Å². The molecular weight excluding hydrogens is 418 g/mol. The fourth-order valence-corrected chi connectivity index (χ4v) is 4.77. The Morgan fingerprint density at radius 1 is 0.909 bits per heavy atom. The third kappa shape index (κ3) is 3.87. The predicted octanol–water partition coefficient (Wildman–Crippen LogP) is 4.88. The zero-order valence-corrected chi connectivity index (χ0v) is 18.7. The zero-order valence-electron chi connectivity index (χ0n) is 18.7. The quantitative estimate of drug-likeness (QED) is 0.535. The predicted molar refractivity (Wildman–Crippen MR) is 125 cm³/mol. The van der Waals surface area contributed by atoms with Gasteiger partial charge in [0.1, 0.15) is 6.61 Å². The standard InChI is InChI=1S/C27H27NO5/c1-3-28(27(18-32-2,25(29)30)19-11-5-4-6-12-19)26(31)33-17-24-22-15-9-7-13-20(22)21-14-8-10-16-23(21)24/h4-16,24H,3,17-18H2,1-2H3,(H,29,30). The molecule has 1 amide bonds. The highest BCUT2D eigenvalue weighted by molar-refractivity contribution is 5.86. The molecule has 0 saturated heterocycles. The Balaban J connectivity index is 1.64. The molecule has 1 unspecified atom stereocenters. The summed E-state index contributed by atoms with van der Waals surface area (Å²) in [6.07, 6.45) is -0.692. The highest BCUT2D eigenvalue weighted by atomic mass is 16.6. The number of aliphatic carboxylic acids is 1. The zero-order chi connectivity index (χ0) is 23.4. The van der Waals surface area contributed by atoms with E-state index in [1.165, 1.54) is 12.0 Å². The first-order chi connectivity index (χ1) is 16.0. The SMILES string of the molecule is CCN(C(=O)OCC1c2ccccc2-c2ccccc21)C(COC)(C(=O)O)c1ccccc1. The number of carbonyl (C=O) groups is 2. The lowest BCUT2D eigenvalue weighted by atomic mass is 9.88. The average molecular weight is 446 g/mol. The van der Waals surface area contributed by atoms with Crippen molar-refractivity contribution >= 4 is 12.1 Å². The summed E-state index contributed by atoms with van der Waals surface area (Å²) in [6.45, 7) is 1.78. The van der Waals surface area contributed by atoms with Crippen molar-refractivity contribution in [2.75, 3.05) is 26.9 Å². The normalized spacial score (nSPS) is 14.1. The smallest absolute Gasteiger partial charge is 0.411 e. The number of nitrogens with zero attached hydrogens (tertiary/aromatic N) is 1. The summed E-state index contributed by atoms with van der Waals surface area (Å²) in [7, 11) is 1.42. The van der Waals surface area contributed by atoms with Gasteiger partial charge in [-0.05, 0) is 34.7 Å². The molecule has 3 aromatic carbocycles. The first kappa shape index (κ1) is 22.6. The number of methoxy groups -OCH3 is 1. The van der Waals surface area contributed by atoms with Crippen LogP contribution in [0.3, 0.4) is 0 Å². The minimum atomic E-state index is -1.70. The average Bonchev–Trinajstić information content (AvgIpc) is 3.16. The number of hydrogen-bond acceptors (Lipinski definition) is 4. The third-order valence-electron chi connectivity index (χ3n) is 6.29. The van der Waals surface area contributed by atoms with E-state index in [2.05, 4.69) is 12.1 Å². The molecule has 1 atom stereocenters. The Morgan fingerprint density at radius 2 is 1.45 bits per heavy atom. The second-order valence-corrected chi connectivity index (χ2v) is 8.01. The molecule has 0 spiro atoms. The molecule has 0 fully saturated rings. The summed E-state index contributed by atoms with van der Waals surface area (Å²) in [4.78, 5) is 27.2. The number of amides is 1. The molecule has 0 heterocycles. The van der Waals surface area contributed by atoms with Gasteiger partial charge in [-0.3, -0.25) is 4.90 Å². The number of carbonyl (C=O) groups excluding carboxylic acids is 1.